The second kappa shape index (κ2) is 4.23. The number of hydrogen-bond donors (Lipinski definition) is 1. The number of alkyl halides is 1. The Balaban J connectivity index is 2.36. The molecule has 0 saturated heterocycles. The first-order valence-corrected chi connectivity index (χ1v) is 6.08. The van der Waals surface area contributed by atoms with E-state index in [1.165, 1.54) is 0 Å². The second-order valence-electron chi connectivity index (χ2n) is 3.69. The first-order chi connectivity index (χ1) is 7.22. The van der Waals surface area contributed by atoms with Gasteiger partial charge >= 0.3 is 0 Å². The molecular formula is C11H14BrN3. The highest BCUT2D eigenvalue weighted by molar-refractivity contribution is 9.09. The van der Waals surface area contributed by atoms with Gasteiger partial charge in [0.2, 0.25) is 5.95 Å². The minimum Gasteiger partial charge on any atom is -0.342 e. The summed E-state index contributed by atoms with van der Waals surface area (Å²) in [5.74, 6) is 0.920. The molecule has 1 atom stereocenters. The molecule has 0 aliphatic carbocycles. The number of nitrogens with zero attached hydrogens (tertiary/aromatic N) is 2. The predicted molar refractivity (Wildman–Crippen MR) is 67.8 cm³/mol. The zero-order chi connectivity index (χ0) is 10.8. The van der Waals surface area contributed by atoms with Crippen molar-refractivity contribution in [2.24, 2.45) is 0 Å². The van der Waals surface area contributed by atoms with Gasteiger partial charge in [-0.05, 0) is 19.1 Å². The van der Waals surface area contributed by atoms with Crippen molar-refractivity contribution in [3.8, 4) is 0 Å². The third kappa shape index (κ3) is 2.00. The molecule has 1 aromatic carbocycles. The zero-order valence-electron chi connectivity index (χ0n) is 8.87. The van der Waals surface area contributed by atoms with Crippen molar-refractivity contribution >= 4 is 32.9 Å². The lowest BCUT2D eigenvalue weighted by Gasteiger charge is -2.21. The molecule has 1 heterocycles. The Hall–Kier alpha value is -1.03. The van der Waals surface area contributed by atoms with Crippen molar-refractivity contribution in [2.45, 2.75) is 13.0 Å². The van der Waals surface area contributed by atoms with Gasteiger partial charge in [-0.1, -0.05) is 28.1 Å². The third-order valence-corrected chi connectivity index (χ3v) is 3.53. The molecule has 0 bridgehead atoms. The average molecular weight is 268 g/mol. The molecule has 0 saturated carbocycles. The molecule has 0 aliphatic rings. The van der Waals surface area contributed by atoms with E-state index in [1.807, 2.05) is 31.3 Å². The molecule has 3 nitrogen and oxygen atoms in total. The smallest absolute Gasteiger partial charge is 0.203 e. The van der Waals surface area contributed by atoms with Gasteiger partial charge in [0.05, 0.1) is 11.0 Å². The van der Waals surface area contributed by atoms with Gasteiger partial charge in [-0.3, -0.25) is 0 Å². The summed E-state index contributed by atoms with van der Waals surface area (Å²) < 4.78 is 0. The summed E-state index contributed by atoms with van der Waals surface area (Å²) in [6.07, 6.45) is 0. The molecule has 0 fully saturated rings. The number of H-pyrrole nitrogens is 1. The van der Waals surface area contributed by atoms with E-state index >= 15 is 0 Å². The summed E-state index contributed by atoms with van der Waals surface area (Å²) in [6.45, 7) is 2.15. The normalized spacial score (nSPS) is 13.0. The highest BCUT2D eigenvalue weighted by atomic mass is 79.9. The number of hydrogen-bond acceptors (Lipinski definition) is 2. The summed E-state index contributed by atoms with van der Waals surface area (Å²) >= 11 is 3.47. The third-order valence-electron chi connectivity index (χ3n) is 2.60. The van der Waals surface area contributed by atoms with E-state index in [0.29, 0.717) is 6.04 Å². The van der Waals surface area contributed by atoms with E-state index in [9.17, 15) is 0 Å². The Morgan fingerprint density at radius 3 is 2.87 bits per heavy atom. The Labute approximate surface area is 97.6 Å². The fourth-order valence-corrected chi connectivity index (χ4v) is 1.85. The van der Waals surface area contributed by atoms with Gasteiger partial charge in [0, 0.05) is 18.4 Å². The van der Waals surface area contributed by atoms with Crippen LogP contribution in [-0.4, -0.2) is 28.4 Å². The largest absolute Gasteiger partial charge is 0.342 e. The predicted octanol–water partition coefficient (Wildman–Crippen LogP) is 2.78. The van der Waals surface area contributed by atoms with Crippen LogP contribution >= 0.6 is 15.9 Å². The van der Waals surface area contributed by atoms with Crippen LogP contribution in [0.3, 0.4) is 0 Å². The van der Waals surface area contributed by atoms with E-state index < -0.39 is 0 Å². The van der Waals surface area contributed by atoms with Crippen LogP contribution in [0.4, 0.5) is 5.95 Å². The minimum absolute atomic E-state index is 0.422. The first-order valence-electron chi connectivity index (χ1n) is 4.96. The van der Waals surface area contributed by atoms with Gasteiger partial charge < -0.3 is 9.88 Å². The Bertz CT molecular complexity index is 419. The quantitative estimate of drug-likeness (QED) is 0.868. The minimum atomic E-state index is 0.422. The van der Waals surface area contributed by atoms with Crippen molar-refractivity contribution in [3.63, 3.8) is 0 Å². The molecule has 1 N–H and O–H groups in total. The molecule has 0 aliphatic heterocycles. The van der Waals surface area contributed by atoms with Crippen LogP contribution in [0.15, 0.2) is 24.3 Å². The molecular weight excluding hydrogens is 254 g/mol. The van der Waals surface area contributed by atoms with Crippen LogP contribution in [0.25, 0.3) is 11.0 Å². The van der Waals surface area contributed by atoms with Gasteiger partial charge in [-0.25, -0.2) is 4.98 Å². The molecule has 15 heavy (non-hydrogen) atoms. The molecule has 1 unspecified atom stereocenters. The van der Waals surface area contributed by atoms with Gasteiger partial charge in [0.1, 0.15) is 0 Å². The summed E-state index contributed by atoms with van der Waals surface area (Å²) in [7, 11) is 2.05. The standard InChI is InChI=1S/C11H14BrN3/c1-8(7-12)15(2)11-13-9-5-3-4-6-10(9)14-11/h3-6,8H,7H2,1-2H3,(H,13,14). The van der Waals surface area contributed by atoms with Gasteiger partial charge in [-0.15, -0.1) is 0 Å². The SMILES string of the molecule is CC(CBr)N(C)c1nc2ccccc2[nH]1. The number of halogens is 1. The molecule has 4 heteroatoms. The van der Waals surface area contributed by atoms with Crippen molar-refractivity contribution < 1.29 is 0 Å². The van der Waals surface area contributed by atoms with E-state index in [-0.39, 0.29) is 0 Å². The van der Waals surface area contributed by atoms with Crippen LogP contribution < -0.4 is 4.90 Å². The fraction of sp³-hybridized carbons (Fsp3) is 0.364. The fourth-order valence-electron chi connectivity index (χ4n) is 1.42. The van der Waals surface area contributed by atoms with Gasteiger partial charge in [0.25, 0.3) is 0 Å². The maximum atomic E-state index is 4.53. The molecule has 2 aromatic rings. The number of fused-ring (bicyclic) bond motifs is 1. The number of nitrogens with one attached hydrogen (secondary N) is 1. The summed E-state index contributed by atoms with van der Waals surface area (Å²) in [6, 6.07) is 8.49. The Morgan fingerprint density at radius 1 is 1.47 bits per heavy atom. The van der Waals surface area contributed by atoms with Crippen LogP contribution in [0.5, 0.6) is 0 Å². The highest BCUT2D eigenvalue weighted by Gasteiger charge is 2.11. The number of benzene rings is 1. The molecule has 2 rings (SSSR count). The number of rotatable bonds is 3. The monoisotopic (exact) mass is 267 g/mol. The number of para-hydroxylation sites is 2. The maximum absolute atomic E-state index is 4.53. The van der Waals surface area contributed by atoms with Crippen LogP contribution in [0.1, 0.15) is 6.92 Å². The highest BCUT2D eigenvalue weighted by Crippen LogP contribution is 2.17. The summed E-state index contributed by atoms with van der Waals surface area (Å²) in [5.41, 5.74) is 2.10. The number of imidazole rings is 1. The summed E-state index contributed by atoms with van der Waals surface area (Å²) in [5, 5.41) is 0.931. The van der Waals surface area contributed by atoms with E-state index in [4.69, 9.17) is 0 Å². The molecule has 0 radical (unpaired) electrons. The maximum Gasteiger partial charge on any atom is 0.203 e. The second-order valence-corrected chi connectivity index (χ2v) is 4.34. The molecule has 80 valence electrons. The molecule has 0 spiro atoms. The lowest BCUT2D eigenvalue weighted by atomic mass is 10.3. The summed E-state index contributed by atoms with van der Waals surface area (Å²) in [4.78, 5) is 9.97. The number of anilines is 1. The van der Waals surface area contributed by atoms with Crippen molar-refractivity contribution in [2.75, 3.05) is 17.3 Å². The van der Waals surface area contributed by atoms with E-state index in [2.05, 4.69) is 37.7 Å². The van der Waals surface area contributed by atoms with Gasteiger partial charge in [0.15, 0.2) is 0 Å². The molecule has 0 amide bonds. The van der Waals surface area contributed by atoms with E-state index in [0.717, 1.165) is 22.3 Å². The van der Waals surface area contributed by atoms with Gasteiger partial charge in [-0.2, -0.15) is 0 Å². The number of aromatic amines is 1. The van der Waals surface area contributed by atoms with Crippen molar-refractivity contribution in [1.29, 1.82) is 0 Å². The lowest BCUT2D eigenvalue weighted by Crippen LogP contribution is -2.30. The topological polar surface area (TPSA) is 31.9 Å². The van der Waals surface area contributed by atoms with E-state index in [1.54, 1.807) is 0 Å². The Kier molecular flexibility index (Phi) is 2.95. The lowest BCUT2D eigenvalue weighted by molar-refractivity contribution is 0.750. The molecule has 1 aromatic heterocycles. The van der Waals surface area contributed by atoms with Crippen LogP contribution in [0, 0.1) is 0 Å². The number of aromatic nitrogens is 2. The van der Waals surface area contributed by atoms with Crippen LogP contribution in [-0.2, 0) is 0 Å². The average Bonchev–Trinajstić information content (AvgIpc) is 2.70. The van der Waals surface area contributed by atoms with Crippen molar-refractivity contribution in [1.82, 2.24) is 9.97 Å². The Morgan fingerprint density at radius 2 is 2.20 bits per heavy atom. The zero-order valence-corrected chi connectivity index (χ0v) is 10.5. The van der Waals surface area contributed by atoms with Crippen molar-refractivity contribution in [3.05, 3.63) is 24.3 Å². The van der Waals surface area contributed by atoms with Crippen LogP contribution in [0.2, 0.25) is 0 Å². The first kappa shape index (κ1) is 10.5.